The lowest BCUT2D eigenvalue weighted by atomic mass is 9.83. The number of methoxy groups -OCH3 is 1. The number of aromatic nitrogens is 1. The number of thiazole rings is 1. The summed E-state index contributed by atoms with van der Waals surface area (Å²) in [7, 11) is 1.40. The van der Waals surface area contributed by atoms with E-state index in [0.717, 1.165) is 46.2 Å². The van der Waals surface area contributed by atoms with Crippen molar-refractivity contribution in [1.29, 1.82) is 0 Å². The van der Waals surface area contributed by atoms with Crippen molar-refractivity contribution in [3.8, 4) is 11.5 Å². The number of carbonyl (C=O) groups excluding carboxylic acids is 3. The number of imide groups is 1. The average molecular weight is 642 g/mol. The van der Waals surface area contributed by atoms with Crippen LogP contribution in [0.15, 0.2) is 82.6 Å². The van der Waals surface area contributed by atoms with Gasteiger partial charge in [0, 0.05) is 16.5 Å². The van der Waals surface area contributed by atoms with Gasteiger partial charge in [0.15, 0.2) is 18.1 Å². The highest BCUT2D eigenvalue weighted by molar-refractivity contribution is 8.00. The first-order chi connectivity index (χ1) is 21.0. The number of fused-ring (bicyclic) bond motifs is 2. The normalized spacial score (nSPS) is 19.4. The van der Waals surface area contributed by atoms with Crippen LogP contribution in [-0.4, -0.2) is 41.7 Å². The van der Waals surface area contributed by atoms with Crippen LogP contribution in [0.4, 0.5) is 24.5 Å². The van der Waals surface area contributed by atoms with E-state index in [1.165, 1.54) is 13.2 Å². The van der Waals surface area contributed by atoms with E-state index >= 15 is 0 Å². The van der Waals surface area contributed by atoms with Crippen LogP contribution < -0.4 is 24.6 Å². The van der Waals surface area contributed by atoms with Crippen molar-refractivity contribution in [2.75, 3.05) is 23.9 Å². The minimum absolute atomic E-state index is 0.185. The lowest BCUT2D eigenvalue weighted by molar-refractivity contribution is -0.137. The van der Waals surface area contributed by atoms with Gasteiger partial charge in [-0.05, 0) is 48.0 Å². The Kier molecular flexibility index (Phi) is 7.72. The molecule has 3 aromatic carbocycles. The molecule has 9 nitrogen and oxygen atoms in total. The standard InChI is InChI=1S/C30H22F3N3O6S2/c1-41-20-12-15(10-11-19(20)42-14-21(37)34-17-7-3-2-4-8-17)22-23-25(43-26-24(22)44-29(40)35-26)28(39)36(27(23)38)18-9-5-6-16(13-18)30(31,32)33/h2-13,22-23,25H,14H2,1H3,(H,34,37)(H,35,40)/t22-,23?,25?/m1/s1. The monoisotopic (exact) mass is 641 g/mol. The number of para-hydroxylation sites is 1. The Morgan fingerprint density at radius 3 is 2.48 bits per heavy atom. The molecule has 0 radical (unpaired) electrons. The molecule has 14 heteroatoms. The van der Waals surface area contributed by atoms with Gasteiger partial charge in [-0.15, -0.1) is 0 Å². The van der Waals surface area contributed by atoms with E-state index in [1.807, 2.05) is 6.07 Å². The predicted octanol–water partition coefficient (Wildman–Crippen LogP) is 5.28. The summed E-state index contributed by atoms with van der Waals surface area (Å²) in [6, 6.07) is 17.7. The van der Waals surface area contributed by atoms with Crippen molar-refractivity contribution in [3.63, 3.8) is 0 Å². The van der Waals surface area contributed by atoms with Crippen molar-refractivity contribution in [1.82, 2.24) is 4.98 Å². The summed E-state index contributed by atoms with van der Waals surface area (Å²) < 4.78 is 51.5. The predicted molar refractivity (Wildman–Crippen MR) is 157 cm³/mol. The van der Waals surface area contributed by atoms with Gasteiger partial charge in [-0.25, -0.2) is 4.90 Å². The van der Waals surface area contributed by atoms with Gasteiger partial charge in [0.1, 0.15) is 5.25 Å². The van der Waals surface area contributed by atoms with E-state index < -0.39 is 46.5 Å². The zero-order chi connectivity index (χ0) is 31.2. The van der Waals surface area contributed by atoms with Gasteiger partial charge < -0.3 is 19.8 Å². The summed E-state index contributed by atoms with van der Waals surface area (Å²) in [5, 5.41) is 2.13. The number of nitrogens with zero attached hydrogens (tertiary/aromatic N) is 1. The summed E-state index contributed by atoms with van der Waals surface area (Å²) in [4.78, 5) is 55.9. The minimum Gasteiger partial charge on any atom is -0.493 e. The number of nitrogens with one attached hydrogen (secondary N) is 2. The summed E-state index contributed by atoms with van der Waals surface area (Å²) >= 11 is 1.91. The van der Waals surface area contributed by atoms with E-state index in [9.17, 15) is 32.3 Å². The van der Waals surface area contributed by atoms with Crippen LogP contribution in [0.3, 0.4) is 0 Å². The summed E-state index contributed by atoms with van der Waals surface area (Å²) in [5.41, 5.74) is -0.0578. The maximum atomic E-state index is 13.9. The van der Waals surface area contributed by atoms with Crippen LogP contribution in [0.1, 0.15) is 21.9 Å². The molecule has 2 aliphatic heterocycles. The van der Waals surface area contributed by atoms with Gasteiger partial charge in [-0.2, -0.15) is 13.2 Å². The third-order valence-corrected chi connectivity index (χ3v) is 9.62. The maximum Gasteiger partial charge on any atom is 0.416 e. The molecule has 4 aromatic rings. The van der Waals surface area contributed by atoms with E-state index in [0.29, 0.717) is 21.2 Å². The number of H-pyrrole nitrogens is 1. The van der Waals surface area contributed by atoms with Gasteiger partial charge >= 0.3 is 11.0 Å². The largest absolute Gasteiger partial charge is 0.493 e. The molecule has 3 atom stereocenters. The molecule has 0 saturated carbocycles. The Balaban J connectivity index is 1.32. The van der Waals surface area contributed by atoms with E-state index in [1.54, 1.807) is 42.5 Å². The molecule has 0 spiro atoms. The number of aromatic amines is 1. The Morgan fingerprint density at radius 1 is 0.977 bits per heavy atom. The van der Waals surface area contributed by atoms with Crippen LogP contribution in [0.5, 0.6) is 11.5 Å². The van der Waals surface area contributed by atoms with E-state index in [2.05, 4.69) is 10.3 Å². The molecule has 3 amide bonds. The molecule has 0 aliphatic carbocycles. The number of carbonyl (C=O) groups is 3. The van der Waals surface area contributed by atoms with Gasteiger partial charge in [0.2, 0.25) is 11.8 Å². The quantitative estimate of drug-likeness (QED) is 0.264. The number of hydrogen-bond donors (Lipinski definition) is 2. The molecule has 3 heterocycles. The summed E-state index contributed by atoms with van der Waals surface area (Å²) in [6.45, 7) is -0.322. The van der Waals surface area contributed by atoms with Crippen LogP contribution in [0, 0.1) is 5.92 Å². The number of benzene rings is 3. The van der Waals surface area contributed by atoms with Crippen molar-refractivity contribution in [2.24, 2.45) is 5.92 Å². The van der Waals surface area contributed by atoms with Crippen molar-refractivity contribution >= 4 is 52.2 Å². The average Bonchev–Trinajstić information content (AvgIpc) is 3.50. The molecule has 6 rings (SSSR count). The van der Waals surface area contributed by atoms with Crippen molar-refractivity contribution in [2.45, 2.75) is 22.4 Å². The molecule has 226 valence electrons. The SMILES string of the molecule is COc1cc([C@H]2c3sc(=O)[nH]c3SC3C(=O)N(c4cccc(C(F)(F)F)c4)C(=O)C32)ccc1OCC(=O)Nc1ccccc1. The lowest BCUT2D eigenvalue weighted by Crippen LogP contribution is -2.32. The Bertz CT molecular complexity index is 1820. The molecular formula is C30H22F3N3O6S2. The molecule has 2 aliphatic rings. The molecule has 1 fully saturated rings. The van der Waals surface area contributed by atoms with Gasteiger partial charge in [-0.3, -0.25) is 19.2 Å². The highest BCUT2D eigenvalue weighted by Gasteiger charge is 2.56. The van der Waals surface area contributed by atoms with Gasteiger partial charge in [-0.1, -0.05) is 53.4 Å². The molecular weight excluding hydrogens is 619 g/mol. The van der Waals surface area contributed by atoms with Gasteiger partial charge in [0.25, 0.3) is 5.91 Å². The first kappa shape index (κ1) is 29.5. The zero-order valence-electron chi connectivity index (χ0n) is 22.7. The second kappa shape index (κ2) is 11.5. The first-order valence-electron chi connectivity index (χ1n) is 13.2. The van der Waals surface area contributed by atoms with E-state index in [4.69, 9.17) is 9.47 Å². The van der Waals surface area contributed by atoms with Crippen LogP contribution in [0.25, 0.3) is 0 Å². The Hall–Kier alpha value is -4.56. The van der Waals surface area contributed by atoms with Crippen molar-refractivity contribution < 1.29 is 37.0 Å². The smallest absolute Gasteiger partial charge is 0.416 e. The molecule has 1 aromatic heterocycles. The second-order valence-electron chi connectivity index (χ2n) is 9.92. The maximum absolute atomic E-state index is 13.9. The molecule has 2 N–H and O–H groups in total. The lowest BCUT2D eigenvalue weighted by Gasteiger charge is -2.30. The molecule has 0 bridgehead atoms. The molecule has 1 saturated heterocycles. The number of rotatable bonds is 7. The van der Waals surface area contributed by atoms with Crippen LogP contribution >= 0.6 is 23.1 Å². The number of thioether (sulfide) groups is 1. The third kappa shape index (κ3) is 5.46. The first-order valence-corrected chi connectivity index (χ1v) is 14.8. The fourth-order valence-corrected chi connectivity index (χ4v) is 7.83. The number of alkyl halides is 3. The highest BCUT2D eigenvalue weighted by atomic mass is 32.2. The zero-order valence-corrected chi connectivity index (χ0v) is 24.3. The number of hydrogen-bond acceptors (Lipinski definition) is 8. The number of halogens is 3. The minimum atomic E-state index is -4.67. The summed E-state index contributed by atoms with van der Waals surface area (Å²) in [6.07, 6.45) is -4.67. The number of ether oxygens (including phenoxy) is 2. The second-order valence-corrected chi connectivity index (χ2v) is 12.1. The third-order valence-electron chi connectivity index (χ3n) is 7.22. The van der Waals surface area contributed by atoms with Gasteiger partial charge in [0.05, 0.1) is 29.3 Å². The van der Waals surface area contributed by atoms with Crippen LogP contribution in [0.2, 0.25) is 0 Å². The van der Waals surface area contributed by atoms with Crippen molar-refractivity contribution in [3.05, 3.63) is 98.5 Å². The fraction of sp³-hybridized carbons (Fsp3) is 0.200. The summed E-state index contributed by atoms with van der Waals surface area (Å²) in [5.74, 6) is -3.10. The topological polar surface area (TPSA) is 118 Å². The molecule has 2 unspecified atom stereocenters. The number of anilines is 2. The number of amides is 3. The van der Waals surface area contributed by atoms with Crippen LogP contribution in [-0.2, 0) is 20.6 Å². The molecule has 44 heavy (non-hydrogen) atoms. The Morgan fingerprint density at radius 2 is 1.75 bits per heavy atom. The fourth-order valence-electron chi connectivity index (χ4n) is 5.31. The Labute approximate surface area is 256 Å². The highest BCUT2D eigenvalue weighted by Crippen LogP contribution is 2.54. The van der Waals surface area contributed by atoms with E-state index in [-0.39, 0.29) is 28.7 Å².